The van der Waals surface area contributed by atoms with Gasteiger partial charge in [-0.1, -0.05) is 95.8 Å². The van der Waals surface area contributed by atoms with Gasteiger partial charge in [0.2, 0.25) is 0 Å². The van der Waals surface area contributed by atoms with E-state index in [-0.39, 0.29) is 25.5 Å². The van der Waals surface area contributed by atoms with Crippen LogP contribution in [0.1, 0.15) is 77.6 Å². The number of hydrazone groups is 1. The largest absolute Gasteiger partial charge is 0.459 e. The van der Waals surface area contributed by atoms with Crippen molar-refractivity contribution in [2.75, 3.05) is 20.3 Å². The Morgan fingerprint density at radius 2 is 1.13 bits per heavy atom. The van der Waals surface area contributed by atoms with Crippen LogP contribution in [0.15, 0.2) is 131 Å². The molecule has 0 saturated carbocycles. The van der Waals surface area contributed by atoms with Crippen LogP contribution in [0.2, 0.25) is 0 Å². The normalized spacial score (nSPS) is 12.4. The molecule has 55 heavy (non-hydrogen) atoms. The molecule has 0 heterocycles. The van der Waals surface area contributed by atoms with E-state index < -0.39 is 24.1 Å². The van der Waals surface area contributed by atoms with Gasteiger partial charge in [0.15, 0.2) is 0 Å². The fourth-order valence-corrected chi connectivity index (χ4v) is 5.98. The van der Waals surface area contributed by atoms with Crippen molar-refractivity contribution in [3.63, 3.8) is 0 Å². The summed E-state index contributed by atoms with van der Waals surface area (Å²) in [5.41, 5.74) is 8.87. The molecule has 2 unspecified atom stereocenters. The van der Waals surface area contributed by atoms with Crippen molar-refractivity contribution in [2.45, 2.75) is 38.4 Å². The van der Waals surface area contributed by atoms with Gasteiger partial charge in [0.1, 0.15) is 24.5 Å². The van der Waals surface area contributed by atoms with Crippen LogP contribution in [0.4, 0.5) is 0 Å². The molecule has 0 aliphatic heterocycles. The lowest BCUT2D eigenvalue weighted by Crippen LogP contribution is -2.37. The van der Waals surface area contributed by atoms with Crippen molar-refractivity contribution in [3.05, 3.63) is 177 Å². The third-order valence-electron chi connectivity index (χ3n) is 9.19. The third-order valence-corrected chi connectivity index (χ3v) is 9.19. The van der Waals surface area contributed by atoms with Crippen LogP contribution in [0.3, 0.4) is 0 Å². The number of terminal acetylenes is 2. The lowest BCUT2D eigenvalue weighted by Gasteiger charge is -2.25. The molecule has 0 radical (unpaired) electrons. The molecule has 0 aliphatic rings. The Balaban J connectivity index is 1.30. The Hall–Kier alpha value is -6.74. The SMILES string of the molecule is C#Cc1ccc(C(c2ccc(C#C)cc2)c2ccc(/C(C=NCCC(OC(=O)c3ccc(C)cc3)C(COC(=O)c3ccc(C)cc3)OC)=N/N)cc2)cc1. The Morgan fingerprint density at radius 1 is 0.673 bits per heavy atom. The van der Waals surface area contributed by atoms with Gasteiger partial charge in [-0.2, -0.15) is 5.10 Å². The summed E-state index contributed by atoms with van der Waals surface area (Å²) in [5, 5.41) is 4.00. The Kier molecular flexibility index (Phi) is 13.9. The van der Waals surface area contributed by atoms with E-state index in [1.807, 2.05) is 111 Å². The van der Waals surface area contributed by atoms with E-state index in [2.05, 4.69) is 21.9 Å². The second kappa shape index (κ2) is 19.4. The first-order chi connectivity index (χ1) is 26.7. The van der Waals surface area contributed by atoms with Crippen LogP contribution in [0.25, 0.3) is 0 Å². The molecule has 5 aromatic rings. The second-order valence-corrected chi connectivity index (χ2v) is 13.0. The molecule has 0 spiro atoms. The van der Waals surface area contributed by atoms with Crippen molar-refractivity contribution in [3.8, 4) is 24.7 Å². The minimum absolute atomic E-state index is 0.0796. The van der Waals surface area contributed by atoms with Gasteiger partial charge in [-0.05, 0) is 79.1 Å². The number of hydrogen-bond acceptors (Lipinski definition) is 8. The summed E-state index contributed by atoms with van der Waals surface area (Å²) in [6.45, 7) is 3.97. The maximum atomic E-state index is 13.2. The van der Waals surface area contributed by atoms with Crippen molar-refractivity contribution < 1.29 is 23.8 Å². The standard InChI is InChI=1S/C47H43N3O5/c1-6-34-12-20-37(21-13-34)45(38-22-14-35(7-2)15-23-38)39-26-24-36(25-27-39)42(50-48)30-49-29-28-43(55-47(52)41-18-10-33(4)11-19-41)44(53-5)31-54-46(51)40-16-8-32(3)9-17-40/h1-2,8-27,30,43-45H,28-29,31,48H2,3-5H3/b49-30?,50-42+. The lowest BCUT2D eigenvalue weighted by molar-refractivity contribution is -0.0626. The molecule has 0 fully saturated rings. The zero-order chi connectivity index (χ0) is 39.2. The molecule has 5 aromatic carbocycles. The highest BCUT2D eigenvalue weighted by atomic mass is 16.6. The number of benzene rings is 5. The summed E-state index contributed by atoms with van der Waals surface area (Å²) >= 11 is 0. The van der Waals surface area contributed by atoms with Crippen LogP contribution < -0.4 is 5.84 Å². The van der Waals surface area contributed by atoms with Gasteiger partial charge in [-0.3, -0.25) is 4.99 Å². The monoisotopic (exact) mass is 729 g/mol. The van der Waals surface area contributed by atoms with Gasteiger partial charge >= 0.3 is 11.9 Å². The average Bonchev–Trinajstić information content (AvgIpc) is 3.22. The van der Waals surface area contributed by atoms with Crippen molar-refractivity contribution in [2.24, 2.45) is 15.9 Å². The molecule has 2 atom stereocenters. The molecule has 0 bridgehead atoms. The number of carbonyl (C=O) groups is 2. The number of nitrogens with two attached hydrogens (primary N) is 1. The first kappa shape index (κ1) is 39.5. The van der Waals surface area contributed by atoms with E-state index in [4.69, 9.17) is 32.9 Å². The van der Waals surface area contributed by atoms with E-state index in [0.717, 1.165) is 44.5 Å². The molecule has 8 nitrogen and oxygen atoms in total. The maximum Gasteiger partial charge on any atom is 0.338 e. The summed E-state index contributed by atoms with van der Waals surface area (Å²) in [5.74, 6) is 10.1. The Bertz CT molecular complexity index is 2140. The smallest absolute Gasteiger partial charge is 0.338 e. The van der Waals surface area contributed by atoms with Crippen molar-refractivity contribution in [1.29, 1.82) is 0 Å². The van der Waals surface area contributed by atoms with Crippen LogP contribution in [0, 0.1) is 38.5 Å². The van der Waals surface area contributed by atoms with E-state index in [0.29, 0.717) is 16.8 Å². The first-order valence-corrected chi connectivity index (χ1v) is 17.8. The molecular weight excluding hydrogens is 687 g/mol. The average molecular weight is 730 g/mol. The molecule has 5 rings (SSSR count). The number of aryl methyl sites for hydroxylation is 2. The highest BCUT2D eigenvalue weighted by Crippen LogP contribution is 2.32. The van der Waals surface area contributed by atoms with E-state index in [1.54, 1.807) is 30.5 Å². The number of carbonyl (C=O) groups excluding carboxylic acids is 2. The minimum Gasteiger partial charge on any atom is -0.459 e. The molecular formula is C47H43N3O5. The molecule has 0 saturated heterocycles. The number of aliphatic imine (C=N–C) groups is 1. The summed E-state index contributed by atoms with van der Waals surface area (Å²) in [7, 11) is 1.48. The van der Waals surface area contributed by atoms with Crippen LogP contribution >= 0.6 is 0 Å². The number of hydrogen-bond donors (Lipinski definition) is 1. The molecule has 276 valence electrons. The maximum absolute atomic E-state index is 13.2. The second-order valence-electron chi connectivity index (χ2n) is 13.0. The zero-order valence-electron chi connectivity index (χ0n) is 31.1. The first-order valence-electron chi connectivity index (χ1n) is 17.8. The predicted molar refractivity (Wildman–Crippen MR) is 217 cm³/mol. The summed E-state index contributed by atoms with van der Waals surface area (Å²) < 4.78 is 17.2. The number of nitrogens with zero attached hydrogens (tertiary/aromatic N) is 2. The summed E-state index contributed by atoms with van der Waals surface area (Å²) in [6, 6.07) is 38.0. The quantitative estimate of drug-likeness (QED) is 0.0296. The predicted octanol–water partition coefficient (Wildman–Crippen LogP) is 7.67. The van der Waals surface area contributed by atoms with E-state index in [9.17, 15) is 9.59 Å². The van der Waals surface area contributed by atoms with Crippen LogP contribution in [-0.4, -0.2) is 56.3 Å². The Labute approximate surface area is 323 Å². The topological polar surface area (TPSA) is 113 Å². The van der Waals surface area contributed by atoms with E-state index in [1.165, 1.54) is 7.11 Å². The fraction of sp³-hybridized carbons (Fsp3) is 0.191. The van der Waals surface area contributed by atoms with Crippen molar-refractivity contribution >= 4 is 23.9 Å². The van der Waals surface area contributed by atoms with Gasteiger partial charge in [-0.15, -0.1) is 12.8 Å². The highest BCUT2D eigenvalue weighted by molar-refractivity contribution is 6.38. The van der Waals surface area contributed by atoms with E-state index >= 15 is 0 Å². The molecule has 2 N–H and O–H groups in total. The zero-order valence-corrected chi connectivity index (χ0v) is 31.1. The molecule has 8 heteroatoms. The summed E-state index contributed by atoms with van der Waals surface area (Å²) in [4.78, 5) is 30.6. The number of esters is 2. The highest BCUT2D eigenvalue weighted by Gasteiger charge is 2.27. The number of ether oxygens (including phenoxy) is 3. The lowest BCUT2D eigenvalue weighted by atomic mass is 9.84. The van der Waals surface area contributed by atoms with Crippen LogP contribution in [-0.2, 0) is 14.2 Å². The summed E-state index contributed by atoms with van der Waals surface area (Å²) in [6.07, 6.45) is 11.5. The van der Waals surface area contributed by atoms with Gasteiger partial charge in [0, 0.05) is 48.9 Å². The molecule has 0 amide bonds. The van der Waals surface area contributed by atoms with Crippen molar-refractivity contribution in [1.82, 2.24) is 0 Å². The van der Waals surface area contributed by atoms with Crippen LogP contribution in [0.5, 0.6) is 0 Å². The molecule has 0 aliphatic carbocycles. The Morgan fingerprint density at radius 3 is 1.58 bits per heavy atom. The number of methoxy groups -OCH3 is 1. The van der Waals surface area contributed by atoms with Gasteiger partial charge in [-0.25, -0.2) is 9.59 Å². The van der Waals surface area contributed by atoms with Gasteiger partial charge in [0.05, 0.1) is 11.1 Å². The third kappa shape index (κ3) is 10.7. The van der Waals surface area contributed by atoms with Gasteiger partial charge in [0.25, 0.3) is 0 Å². The number of rotatable bonds is 15. The fourth-order valence-electron chi connectivity index (χ4n) is 5.98. The molecule has 0 aromatic heterocycles. The van der Waals surface area contributed by atoms with Gasteiger partial charge < -0.3 is 20.1 Å². The minimum atomic E-state index is -0.791.